The van der Waals surface area contributed by atoms with E-state index < -0.39 is 35.6 Å². The van der Waals surface area contributed by atoms with E-state index in [1.807, 2.05) is 0 Å². The van der Waals surface area contributed by atoms with Gasteiger partial charge < -0.3 is 5.11 Å². The van der Waals surface area contributed by atoms with Crippen molar-refractivity contribution < 1.29 is 31.0 Å². The fourth-order valence-electron chi connectivity index (χ4n) is 2.19. The lowest BCUT2D eigenvalue weighted by Gasteiger charge is -2.29. The van der Waals surface area contributed by atoms with Crippen LogP contribution in [0.1, 0.15) is 18.1 Å². The number of aliphatic hydroxyl groups is 1. The lowest BCUT2D eigenvalue weighted by atomic mass is 9.89. The zero-order valence-corrected chi connectivity index (χ0v) is 11.9. The van der Waals surface area contributed by atoms with Gasteiger partial charge in [-0.2, -0.15) is 16.8 Å². The van der Waals surface area contributed by atoms with Crippen LogP contribution in [0, 0.1) is 0 Å². The molecule has 0 saturated carbocycles. The molecule has 1 aromatic carbocycles. The molecular formula is C11H12O7S2. The molecule has 1 aliphatic carbocycles. The quantitative estimate of drug-likeness (QED) is 0.694. The molecule has 110 valence electrons. The van der Waals surface area contributed by atoms with Gasteiger partial charge in [-0.3, -0.25) is 9.11 Å². The Bertz CT molecular complexity index is 805. The minimum Gasteiger partial charge on any atom is -0.508 e. The Morgan fingerprint density at radius 3 is 2.25 bits per heavy atom. The van der Waals surface area contributed by atoms with Crippen molar-refractivity contribution in [2.75, 3.05) is 0 Å². The van der Waals surface area contributed by atoms with Crippen molar-refractivity contribution in [2.24, 2.45) is 0 Å². The molecule has 1 unspecified atom stereocenters. The number of aliphatic hydroxyl groups excluding tert-OH is 1. The van der Waals surface area contributed by atoms with E-state index in [0.29, 0.717) is 0 Å². The SMILES string of the molecule is CC1(S(=O)(=O)O)C=C(O)c2c(cccc2S(=O)(=O)O)C1. The van der Waals surface area contributed by atoms with Crippen molar-refractivity contribution >= 4 is 26.0 Å². The molecule has 2 rings (SSSR count). The third-order valence-corrected chi connectivity index (χ3v) is 5.56. The average Bonchev–Trinajstić information content (AvgIpc) is 2.25. The molecule has 0 bridgehead atoms. The predicted octanol–water partition coefficient (Wildman–Crippen LogP) is 1.03. The van der Waals surface area contributed by atoms with Crippen LogP contribution < -0.4 is 0 Å². The molecule has 0 spiro atoms. The number of rotatable bonds is 2. The molecule has 0 aromatic heterocycles. The molecule has 0 saturated heterocycles. The summed E-state index contributed by atoms with van der Waals surface area (Å²) in [6, 6.07) is 3.82. The summed E-state index contributed by atoms with van der Waals surface area (Å²) in [5.41, 5.74) is 0.0383. The maximum atomic E-state index is 11.4. The highest BCUT2D eigenvalue weighted by atomic mass is 32.2. The van der Waals surface area contributed by atoms with Crippen molar-refractivity contribution in [3.8, 4) is 0 Å². The summed E-state index contributed by atoms with van der Waals surface area (Å²) < 4.78 is 61.9. The van der Waals surface area contributed by atoms with Crippen LogP contribution in [-0.4, -0.2) is 35.8 Å². The average molecular weight is 320 g/mol. The summed E-state index contributed by atoms with van der Waals surface area (Å²) in [6.45, 7) is 1.20. The van der Waals surface area contributed by atoms with E-state index in [1.54, 1.807) is 0 Å². The molecule has 20 heavy (non-hydrogen) atoms. The number of fused-ring (bicyclic) bond motifs is 1. The Morgan fingerprint density at radius 2 is 1.75 bits per heavy atom. The standard InChI is InChI=1S/C11H12O7S2/c1-11(20(16,17)18)5-7-3-2-4-9(19(13,14)15)10(7)8(12)6-11/h2-4,6,12H,5H2,1H3,(H,13,14,15)(H,16,17,18). The highest BCUT2D eigenvalue weighted by Gasteiger charge is 2.41. The van der Waals surface area contributed by atoms with E-state index in [9.17, 15) is 26.5 Å². The molecule has 1 aromatic rings. The Hall–Kier alpha value is -1.42. The molecular weight excluding hydrogens is 308 g/mol. The summed E-state index contributed by atoms with van der Waals surface area (Å²) >= 11 is 0. The molecule has 0 heterocycles. The van der Waals surface area contributed by atoms with Crippen LogP contribution in [0.2, 0.25) is 0 Å². The van der Waals surface area contributed by atoms with Gasteiger partial charge in [0, 0.05) is 5.56 Å². The first kappa shape index (κ1) is 15.0. The van der Waals surface area contributed by atoms with Gasteiger partial charge in [0.1, 0.15) is 15.4 Å². The summed E-state index contributed by atoms with van der Waals surface area (Å²) in [5, 5.41) is 9.91. The van der Waals surface area contributed by atoms with Crippen LogP contribution in [0.4, 0.5) is 0 Å². The van der Waals surface area contributed by atoms with Gasteiger partial charge in [-0.15, -0.1) is 0 Å². The number of benzene rings is 1. The second-order valence-corrected chi connectivity index (χ2v) is 8.03. The molecule has 0 amide bonds. The van der Waals surface area contributed by atoms with E-state index in [0.717, 1.165) is 12.1 Å². The van der Waals surface area contributed by atoms with Gasteiger partial charge in [0.15, 0.2) is 0 Å². The Balaban J connectivity index is 2.76. The van der Waals surface area contributed by atoms with Crippen LogP contribution in [0.3, 0.4) is 0 Å². The summed E-state index contributed by atoms with van der Waals surface area (Å²) in [5.74, 6) is -0.625. The first-order valence-corrected chi connectivity index (χ1v) is 8.32. The highest BCUT2D eigenvalue weighted by molar-refractivity contribution is 7.87. The molecule has 1 aliphatic rings. The van der Waals surface area contributed by atoms with Crippen molar-refractivity contribution in [1.29, 1.82) is 0 Å². The first-order valence-electron chi connectivity index (χ1n) is 5.44. The molecule has 9 heteroatoms. The highest BCUT2D eigenvalue weighted by Crippen LogP contribution is 2.37. The van der Waals surface area contributed by atoms with Gasteiger partial charge in [0.05, 0.1) is 0 Å². The Kier molecular flexibility index (Phi) is 3.21. The molecule has 1 atom stereocenters. The van der Waals surface area contributed by atoms with Crippen LogP contribution in [0.15, 0.2) is 29.2 Å². The second-order valence-electron chi connectivity index (χ2n) is 4.76. The van der Waals surface area contributed by atoms with Crippen molar-refractivity contribution in [2.45, 2.75) is 23.0 Å². The van der Waals surface area contributed by atoms with Crippen molar-refractivity contribution in [3.63, 3.8) is 0 Å². The van der Waals surface area contributed by atoms with E-state index >= 15 is 0 Å². The minimum absolute atomic E-state index is 0.156. The zero-order valence-electron chi connectivity index (χ0n) is 10.3. The predicted molar refractivity (Wildman–Crippen MR) is 70.5 cm³/mol. The largest absolute Gasteiger partial charge is 0.508 e. The smallest absolute Gasteiger partial charge is 0.295 e. The topological polar surface area (TPSA) is 129 Å². The van der Waals surface area contributed by atoms with E-state index in [2.05, 4.69) is 0 Å². The molecule has 0 aliphatic heterocycles. The fourth-order valence-corrected chi connectivity index (χ4v) is 3.53. The number of hydrogen-bond donors (Lipinski definition) is 3. The monoisotopic (exact) mass is 320 g/mol. The Labute approximate surface area is 116 Å². The van der Waals surface area contributed by atoms with Crippen molar-refractivity contribution in [1.82, 2.24) is 0 Å². The molecule has 3 N–H and O–H groups in total. The maximum absolute atomic E-state index is 11.4. The lowest BCUT2D eigenvalue weighted by Crippen LogP contribution is -2.38. The summed E-state index contributed by atoms with van der Waals surface area (Å²) in [4.78, 5) is -0.513. The molecule has 7 nitrogen and oxygen atoms in total. The summed E-state index contributed by atoms with van der Waals surface area (Å²) in [6.07, 6.45) is 0.633. The van der Waals surface area contributed by atoms with Gasteiger partial charge in [-0.05, 0) is 31.1 Å². The minimum atomic E-state index is -4.56. The van der Waals surface area contributed by atoms with Crippen LogP contribution in [-0.2, 0) is 26.7 Å². The van der Waals surface area contributed by atoms with E-state index in [1.165, 1.54) is 19.1 Å². The zero-order chi connectivity index (χ0) is 15.3. The third kappa shape index (κ3) is 2.33. The van der Waals surface area contributed by atoms with Gasteiger partial charge >= 0.3 is 0 Å². The van der Waals surface area contributed by atoms with Crippen molar-refractivity contribution in [3.05, 3.63) is 35.4 Å². The van der Waals surface area contributed by atoms with Crippen LogP contribution in [0.5, 0.6) is 0 Å². The molecule has 0 radical (unpaired) electrons. The normalized spacial score (nSPS) is 23.1. The summed E-state index contributed by atoms with van der Waals surface area (Å²) in [7, 11) is -9.06. The number of hydrogen-bond acceptors (Lipinski definition) is 5. The van der Waals surface area contributed by atoms with E-state index in [4.69, 9.17) is 4.55 Å². The van der Waals surface area contributed by atoms with Gasteiger partial charge in [-0.25, -0.2) is 0 Å². The maximum Gasteiger partial charge on any atom is 0.295 e. The molecule has 0 fully saturated rings. The Morgan fingerprint density at radius 1 is 1.15 bits per heavy atom. The fraction of sp³-hybridized carbons (Fsp3) is 0.273. The van der Waals surface area contributed by atoms with E-state index in [-0.39, 0.29) is 17.5 Å². The first-order chi connectivity index (χ1) is 8.96. The van der Waals surface area contributed by atoms with Crippen LogP contribution in [0.25, 0.3) is 5.76 Å². The second kappa shape index (κ2) is 4.29. The third-order valence-electron chi connectivity index (χ3n) is 3.22. The van der Waals surface area contributed by atoms with Crippen LogP contribution >= 0.6 is 0 Å². The van der Waals surface area contributed by atoms with Gasteiger partial charge in [-0.1, -0.05) is 12.1 Å². The van der Waals surface area contributed by atoms with Gasteiger partial charge in [0.2, 0.25) is 0 Å². The van der Waals surface area contributed by atoms with Gasteiger partial charge in [0.25, 0.3) is 20.2 Å². The lowest BCUT2D eigenvalue weighted by molar-refractivity contribution is 0.441.